The first kappa shape index (κ1) is 22.6. The minimum Gasteiger partial charge on any atom is -0.496 e. The van der Waals surface area contributed by atoms with Gasteiger partial charge in [0.15, 0.2) is 6.61 Å². The Hall–Kier alpha value is -3.07. The van der Waals surface area contributed by atoms with Crippen molar-refractivity contribution < 1.29 is 32.2 Å². The minimum absolute atomic E-state index is 0.0672. The Morgan fingerprint density at radius 3 is 2.61 bits per heavy atom. The number of nitrogens with zero attached hydrogens (tertiary/aromatic N) is 1. The number of hydrogen-bond acceptors (Lipinski definition) is 7. The molecule has 9 heteroatoms. The van der Waals surface area contributed by atoms with E-state index >= 15 is 0 Å². The Kier molecular flexibility index (Phi) is 7.17. The van der Waals surface area contributed by atoms with Crippen LogP contribution in [0.25, 0.3) is 0 Å². The lowest BCUT2D eigenvalue weighted by atomic mass is 10.2. The monoisotopic (exact) mass is 447 g/mol. The fourth-order valence-corrected chi connectivity index (χ4v) is 4.80. The van der Waals surface area contributed by atoms with Crippen LogP contribution >= 0.6 is 0 Å². The van der Waals surface area contributed by atoms with E-state index in [4.69, 9.17) is 14.2 Å². The Morgan fingerprint density at radius 2 is 1.87 bits per heavy atom. The summed E-state index contributed by atoms with van der Waals surface area (Å²) in [5, 5.41) is 0. The van der Waals surface area contributed by atoms with Crippen LogP contribution in [0.4, 0.5) is 5.69 Å². The van der Waals surface area contributed by atoms with Crippen LogP contribution in [0.3, 0.4) is 0 Å². The zero-order valence-corrected chi connectivity index (χ0v) is 18.3. The van der Waals surface area contributed by atoms with E-state index in [0.717, 1.165) is 12.0 Å². The van der Waals surface area contributed by atoms with Gasteiger partial charge in [0.1, 0.15) is 11.3 Å². The van der Waals surface area contributed by atoms with Gasteiger partial charge in [-0.25, -0.2) is 18.0 Å². The van der Waals surface area contributed by atoms with Gasteiger partial charge in [0, 0.05) is 6.54 Å². The number of carbonyl (C=O) groups is 2. The van der Waals surface area contributed by atoms with E-state index in [1.807, 2.05) is 19.1 Å². The van der Waals surface area contributed by atoms with Gasteiger partial charge in [0.05, 0.1) is 24.3 Å². The number of benzene rings is 2. The van der Waals surface area contributed by atoms with Crippen molar-refractivity contribution in [3.05, 3.63) is 53.6 Å². The molecule has 3 rings (SSSR count). The van der Waals surface area contributed by atoms with Crippen LogP contribution in [0.15, 0.2) is 47.4 Å². The maximum absolute atomic E-state index is 13.2. The van der Waals surface area contributed by atoms with Crippen molar-refractivity contribution >= 4 is 27.6 Å². The summed E-state index contributed by atoms with van der Waals surface area (Å²) in [7, 11) is -2.54. The van der Waals surface area contributed by atoms with Crippen molar-refractivity contribution in [1.29, 1.82) is 0 Å². The van der Waals surface area contributed by atoms with Crippen LogP contribution in [0.2, 0.25) is 0 Å². The third kappa shape index (κ3) is 4.99. The summed E-state index contributed by atoms with van der Waals surface area (Å²) in [4.78, 5) is 24.2. The number of hydrogen-bond donors (Lipinski definition) is 0. The first-order valence-corrected chi connectivity index (χ1v) is 11.4. The SMILES string of the molecule is CCCCOC(=O)COC(=O)c1cc(S(=O)(=O)N2CCc3ccccc32)ccc1OC. The fraction of sp³-hybridized carbons (Fsp3) is 0.364. The molecule has 1 heterocycles. The molecule has 0 atom stereocenters. The van der Waals surface area contributed by atoms with Gasteiger partial charge in [-0.15, -0.1) is 0 Å². The number of fused-ring (bicyclic) bond motifs is 1. The number of para-hydroxylation sites is 1. The molecule has 0 radical (unpaired) electrons. The first-order valence-electron chi connectivity index (χ1n) is 10.00. The second kappa shape index (κ2) is 9.82. The van der Waals surface area contributed by atoms with Crippen LogP contribution in [0.1, 0.15) is 35.7 Å². The van der Waals surface area contributed by atoms with E-state index in [1.165, 1.54) is 29.6 Å². The number of ether oxygens (including phenoxy) is 3. The van der Waals surface area contributed by atoms with E-state index in [1.54, 1.807) is 12.1 Å². The van der Waals surface area contributed by atoms with Gasteiger partial charge in [-0.2, -0.15) is 0 Å². The first-order chi connectivity index (χ1) is 14.9. The molecule has 1 aliphatic rings. The molecule has 0 unspecified atom stereocenters. The third-order valence-corrected chi connectivity index (χ3v) is 6.71. The molecule has 0 spiro atoms. The van der Waals surface area contributed by atoms with E-state index in [0.29, 0.717) is 25.1 Å². The predicted octanol–water partition coefficient (Wildman–Crippen LogP) is 2.95. The summed E-state index contributed by atoms with van der Waals surface area (Å²) in [5.74, 6) is -1.40. The average molecular weight is 448 g/mol. The lowest BCUT2D eigenvalue weighted by molar-refractivity contribution is -0.147. The van der Waals surface area contributed by atoms with Gasteiger partial charge in [-0.3, -0.25) is 4.31 Å². The lowest BCUT2D eigenvalue weighted by Gasteiger charge is -2.20. The summed E-state index contributed by atoms with van der Waals surface area (Å²) in [6, 6.07) is 11.3. The Balaban J connectivity index is 1.80. The van der Waals surface area contributed by atoms with Crippen molar-refractivity contribution in [2.24, 2.45) is 0 Å². The van der Waals surface area contributed by atoms with Gasteiger partial charge in [-0.05, 0) is 42.7 Å². The van der Waals surface area contributed by atoms with Gasteiger partial charge in [0.25, 0.3) is 10.0 Å². The van der Waals surface area contributed by atoms with Gasteiger partial charge < -0.3 is 14.2 Å². The molecule has 0 amide bonds. The quantitative estimate of drug-likeness (QED) is 0.430. The maximum Gasteiger partial charge on any atom is 0.344 e. The van der Waals surface area contributed by atoms with Crippen molar-refractivity contribution in [3.63, 3.8) is 0 Å². The highest BCUT2D eigenvalue weighted by Crippen LogP contribution is 2.34. The molecule has 0 aliphatic carbocycles. The van der Waals surface area contributed by atoms with Gasteiger partial charge in [0.2, 0.25) is 0 Å². The van der Waals surface area contributed by atoms with Crippen LogP contribution in [-0.4, -0.2) is 47.2 Å². The molecule has 0 saturated carbocycles. The fourth-order valence-electron chi connectivity index (χ4n) is 3.27. The maximum atomic E-state index is 13.2. The highest BCUT2D eigenvalue weighted by atomic mass is 32.2. The predicted molar refractivity (Wildman–Crippen MR) is 114 cm³/mol. The summed E-state index contributed by atoms with van der Waals surface area (Å²) in [6.45, 7) is 1.96. The Bertz CT molecular complexity index is 1070. The zero-order chi connectivity index (χ0) is 22.4. The number of rotatable bonds is 9. The second-order valence-corrected chi connectivity index (χ2v) is 8.83. The highest BCUT2D eigenvalue weighted by molar-refractivity contribution is 7.92. The molecule has 1 aliphatic heterocycles. The van der Waals surface area contributed by atoms with Crippen LogP contribution < -0.4 is 9.04 Å². The number of sulfonamides is 1. The molecule has 2 aromatic rings. The molecule has 31 heavy (non-hydrogen) atoms. The minimum atomic E-state index is -3.90. The number of carbonyl (C=O) groups excluding carboxylic acids is 2. The van der Waals surface area contributed by atoms with Crippen molar-refractivity contribution in [3.8, 4) is 5.75 Å². The van der Waals surface area contributed by atoms with Crippen LogP contribution in [-0.2, 0) is 30.7 Å². The smallest absolute Gasteiger partial charge is 0.344 e. The summed E-state index contributed by atoms with van der Waals surface area (Å²) >= 11 is 0. The summed E-state index contributed by atoms with van der Waals surface area (Å²) < 4.78 is 43.0. The molecule has 0 saturated heterocycles. The largest absolute Gasteiger partial charge is 0.496 e. The number of esters is 2. The number of methoxy groups -OCH3 is 1. The van der Waals surface area contributed by atoms with E-state index in [-0.39, 0.29) is 22.8 Å². The summed E-state index contributed by atoms with van der Waals surface area (Å²) in [6.07, 6.45) is 2.20. The molecule has 0 N–H and O–H groups in total. The standard InChI is InChI=1S/C22H25NO7S/c1-3-4-13-29-21(24)15-30-22(25)18-14-17(9-10-20(18)28-2)31(26,27)23-12-11-16-7-5-6-8-19(16)23/h5-10,14H,3-4,11-13,15H2,1-2H3. The second-order valence-electron chi connectivity index (χ2n) is 6.97. The average Bonchev–Trinajstić information content (AvgIpc) is 3.22. The molecule has 2 aromatic carbocycles. The van der Waals surface area contributed by atoms with Crippen molar-refractivity contribution in [2.45, 2.75) is 31.1 Å². The highest BCUT2D eigenvalue weighted by Gasteiger charge is 2.31. The molecular formula is C22H25NO7S. The lowest BCUT2D eigenvalue weighted by Crippen LogP contribution is -2.29. The van der Waals surface area contributed by atoms with Gasteiger partial charge in [-0.1, -0.05) is 31.5 Å². The van der Waals surface area contributed by atoms with Crippen LogP contribution in [0.5, 0.6) is 5.75 Å². The summed E-state index contributed by atoms with van der Waals surface area (Å²) in [5.41, 5.74) is 1.48. The van der Waals surface area contributed by atoms with Gasteiger partial charge >= 0.3 is 11.9 Å². The molecule has 0 fully saturated rings. The molecular weight excluding hydrogens is 422 g/mol. The zero-order valence-electron chi connectivity index (χ0n) is 17.5. The van der Waals surface area contributed by atoms with E-state index in [9.17, 15) is 18.0 Å². The third-order valence-electron chi connectivity index (χ3n) is 4.91. The number of anilines is 1. The molecule has 166 valence electrons. The number of unbranched alkanes of at least 4 members (excludes halogenated alkanes) is 1. The Morgan fingerprint density at radius 1 is 1.10 bits per heavy atom. The normalized spacial score (nSPS) is 12.9. The topological polar surface area (TPSA) is 99.2 Å². The van der Waals surface area contributed by atoms with E-state index < -0.39 is 28.6 Å². The Labute approximate surface area is 181 Å². The van der Waals surface area contributed by atoms with Crippen molar-refractivity contribution in [1.82, 2.24) is 0 Å². The molecule has 8 nitrogen and oxygen atoms in total. The van der Waals surface area contributed by atoms with Crippen LogP contribution in [0, 0.1) is 0 Å². The molecule has 0 bridgehead atoms. The van der Waals surface area contributed by atoms with Crippen molar-refractivity contribution in [2.75, 3.05) is 31.2 Å². The molecule has 0 aromatic heterocycles. The van der Waals surface area contributed by atoms with E-state index in [2.05, 4.69) is 0 Å².